The summed E-state index contributed by atoms with van der Waals surface area (Å²) in [6.45, 7) is 0.747. The molecule has 0 saturated carbocycles. The second-order valence-corrected chi connectivity index (χ2v) is 5.38. The molecule has 6 nitrogen and oxygen atoms in total. The van der Waals surface area contributed by atoms with Crippen LogP contribution in [0.25, 0.3) is 10.4 Å². The Hall–Kier alpha value is -2.11. The fourth-order valence-electron chi connectivity index (χ4n) is 1.84. The maximum Gasteiger partial charge on any atom is 0.124 e. The van der Waals surface area contributed by atoms with Crippen molar-refractivity contribution in [1.29, 1.82) is 0 Å². The molecular weight excluding hydrogens is 351 g/mol. The zero-order valence-corrected chi connectivity index (χ0v) is 14.9. The van der Waals surface area contributed by atoms with E-state index in [1.54, 1.807) is 44.6 Å². The van der Waals surface area contributed by atoms with Gasteiger partial charge in [0.15, 0.2) is 0 Å². The molecule has 0 bridgehead atoms. The summed E-state index contributed by atoms with van der Waals surface area (Å²) >= 11 is 11.5. The summed E-state index contributed by atoms with van der Waals surface area (Å²) in [4.78, 5) is 2.67. The molecule has 0 unspecified atom stereocenters. The molecule has 0 aromatic heterocycles. The minimum absolute atomic E-state index is 0.275. The highest BCUT2D eigenvalue weighted by Gasteiger charge is 2.02. The highest BCUT2D eigenvalue weighted by Crippen LogP contribution is 2.24. The van der Waals surface area contributed by atoms with E-state index in [1.807, 2.05) is 6.07 Å². The third-order valence-electron chi connectivity index (χ3n) is 3.02. The fourth-order valence-corrected chi connectivity index (χ4v) is 2.17. The van der Waals surface area contributed by atoms with Gasteiger partial charge in [0.05, 0.1) is 20.8 Å². The van der Waals surface area contributed by atoms with Crippen LogP contribution in [-0.2, 0) is 13.1 Å². The molecule has 24 heavy (non-hydrogen) atoms. The average molecular weight is 369 g/mol. The molecule has 0 atom stereocenters. The predicted octanol–water partition coefficient (Wildman–Crippen LogP) is 4.97. The topological polar surface area (TPSA) is 93.2 Å². The van der Waals surface area contributed by atoms with Gasteiger partial charge < -0.3 is 15.2 Å². The van der Waals surface area contributed by atoms with E-state index in [0.717, 1.165) is 16.9 Å². The minimum atomic E-state index is 0.275. The van der Waals surface area contributed by atoms with Gasteiger partial charge in [0.2, 0.25) is 0 Å². The van der Waals surface area contributed by atoms with E-state index in [-0.39, 0.29) is 6.54 Å². The summed E-state index contributed by atoms with van der Waals surface area (Å²) in [7, 11) is 3.15. The molecule has 2 rings (SSSR count). The number of methoxy groups -OCH3 is 2. The summed E-state index contributed by atoms with van der Waals surface area (Å²) < 4.78 is 10.1. The zero-order valence-electron chi connectivity index (χ0n) is 13.4. The van der Waals surface area contributed by atoms with Crippen molar-refractivity contribution in [3.05, 3.63) is 68.0 Å². The second-order valence-electron chi connectivity index (χ2n) is 4.51. The van der Waals surface area contributed by atoms with Crippen molar-refractivity contribution in [1.82, 2.24) is 0 Å². The molecule has 0 saturated heterocycles. The molecule has 2 aromatic carbocycles. The monoisotopic (exact) mass is 368 g/mol. The zero-order chi connectivity index (χ0) is 17.9. The molecule has 0 heterocycles. The number of nitrogens with zero attached hydrogens (tertiary/aromatic N) is 3. The van der Waals surface area contributed by atoms with Crippen LogP contribution in [0.4, 0.5) is 0 Å². The quantitative estimate of drug-likeness (QED) is 0.458. The highest BCUT2D eigenvalue weighted by atomic mass is 35.5. The van der Waals surface area contributed by atoms with E-state index in [2.05, 4.69) is 10.0 Å². The lowest BCUT2D eigenvalue weighted by atomic mass is 10.2. The van der Waals surface area contributed by atoms with Crippen molar-refractivity contribution in [2.45, 2.75) is 13.1 Å². The molecule has 8 heteroatoms. The fraction of sp³-hybridized carbons (Fsp3) is 0.250. The third-order valence-corrected chi connectivity index (χ3v) is 3.49. The molecule has 0 radical (unpaired) electrons. The molecule has 0 aliphatic heterocycles. The Labute approximate surface area is 150 Å². The van der Waals surface area contributed by atoms with Crippen LogP contribution in [0.2, 0.25) is 10.0 Å². The molecule has 128 valence electrons. The Kier molecular flexibility index (Phi) is 8.83. The van der Waals surface area contributed by atoms with Crippen molar-refractivity contribution in [3.63, 3.8) is 0 Å². The number of ether oxygens (including phenoxy) is 2. The lowest BCUT2D eigenvalue weighted by Crippen LogP contribution is -1.99. The molecule has 2 N–H and O–H groups in total. The lowest BCUT2D eigenvalue weighted by Gasteiger charge is -2.05. The number of hydrogen-bond acceptors (Lipinski definition) is 4. The Balaban J connectivity index is 0.000000243. The first kappa shape index (κ1) is 19.9. The summed E-state index contributed by atoms with van der Waals surface area (Å²) in [5.74, 6) is 1.39. The first-order valence-corrected chi connectivity index (χ1v) is 7.67. The van der Waals surface area contributed by atoms with Crippen LogP contribution in [0.3, 0.4) is 0 Å². The Morgan fingerprint density at radius 3 is 1.96 bits per heavy atom. The van der Waals surface area contributed by atoms with Gasteiger partial charge in [-0.25, -0.2) is 0 Å². The maximum absolute atomic E-state index is 8.14. The molecule has 2 aromatic rings. The Morgan fingerprint density at radius 2 is 1.50 bits per heavy atom. The van der Waals surface area contributed by atoms with Crippen molar-refractivity contribution < 1.29 is 9.47 Å². The third kappa shape index (κ3) is 6.18. The van der Waals surface area contributed by atoms with Crippen LogP contribution >= 0.6 is 23.2 Å². The molecule has 0 amide bonds. The highest BCUT2D eigenvalue weighted by molar-refractivity contribution is 6.31. The molecule has 0 spiro atoms. The first-order chi connectivity index (χ1) is 11.5. The van der Waals surface area contributed by atoms with Crippen LogP contribution in [0.1, 0.15) is 11.1 Å². The predicted molar refractivity (Wildman–Crippen MR) is 96.7 cm³/mol. The first-order valence-electron chi connectivity index (χ1n) is 6.91. The van der Waals surface area contributed by atoms with Crippen LogP contribution in [0.15, 0.2) is 41.5 Å². The van der Waals surface area contributed by atoms with Gasteiger partial charge in [-0.2, -0.15) is 0 Å². The van der Waals surface area contributed by atoms with E-state index in [1.165, 1.54) is 0 Å². The number of hydrogen-bond donors (Lipinski definition) is 1. The van der Waals surface area contributed by atoms with Gasteiger partial charge in [-0.3, -0.25) is 0 Å². The van der Waals surface area contributed by atoms with Gasteiger partial charge >= 0.3 is 0 Å². The minimum Gasteiger partial charge on any atom is -0.496 e. The maximum atomic E-state index is 8.14. The van der Waals surface area contributed by atoms with E-state index >= 15 is 0 Å². The van der Waals surface area contributed by atoms with Crippen LogP contribution < -0.4 is 15.2 Å². The van der Waals surface area contributed by atoms with Crippen LogP contribution in [0.5, 0.6) is 11.5 Å². The lowest BCUT2D eigenvalue weighted by molar-refractivity contribution is 0.410. The van der Waals surface area contributed by atoms with E-state index < -0.39 is 0 Å². The Morgan fingerprint density at radius 1 is 1.00 bits per heavy atom. The standard InChI is InChI=1S/C8H8ClN3O.C8H10ClNO/c1-13-8-4-7(9)3-2-6(8)5-11-12-10;1-11-8-4-7(9)3-2-6(8)5-10/h2-4H,5H2,1H3;2-4H,5,10H2,1H3. The van der Waals surface area contributed by atoms with Crippen molar-refractivity contribution in [3.8, 4) is 11.5 Å². The second kappa shape index (κ2) is 10.6. The summed E-state index contributed by atoms with van der Waals surface area (Å²) in [5.41, 5.74) is 15.4. The Bertz CT molecular complexity index is 719. The largest absolute Gasteiger partial charge is 0.496 e. The van der Waals surface area contributed by atoms with Gasteiger partial charge in [0.1, 0.15) is 11.5 Å². The SMILES string of the molecule is COc1cc(Cl)ccc1CN.COc1cc(Cl)ccc1CN=[N+]=[N-]. The van der Waals surface area contributed by atoms with Crippen LogP contribution in [0, 0.1) is 0 Å². The van der Waals surface area contributed by atoms with Crippen molar-refractivity contribution in [2.75, 3.05) is 14.2 Å². The van der Waals surface area contributed by atoms with Gasteiger partial charge in [0, 0.05) is 27.1 Å². The normalized spacial score (nSPS) is 9.38. The summed E-state index contributed by atoms with van der Waals surface area (Å²) in [6, 6.07) is 10.6. The van der Waals surface area contributed by atoms with Gasteiger partial charge in [0.25, 0.3) is 0 Å². The van der Waals surface area contributed by atoms with Gasteiger partial charge in [-0.1, -0.05) is 40.4 Å². The van der Waals surface area contributed by atoms with E-state index in [4.69, 9.17) is 43.9 Å². The van der Waals surface area contributed by atoms with Gasteiger partial charge in [-0.05, 0) is 35.4 Å². The van der Waals surface area contributed by atoms with Gasteiger partial charge in [-0.15, -0.1) is 0 Å². The summed E-state index contributed by atoms with van der Waals surface area (Å²) in [6.07, 6.45) is 0. The van der Waals surface area contributed by atoms with E-state index in [9.17, 15) is 0 Å². The van der Waals surface area contributed by atoms with Crippen molar-refractivity contribution >= 4 is 23.2 Å². The number of azide groups is 1. The molecular formula is C16H18Cl2N4O2. The van der Waals surface area contributed by atoms with Crippen molar-refractivity contribution in [2.24, 2.45) is 10.8 Å². The number of rotatable bonds is 5. The average Bonchev–Trinajstić information content (AvgIpc) is 2.61. The molecule has 0 fully saturated rings. The number of nitrogens with two attached hydrogens (primary N) is 1. The molecule has 0 aliphatic rings. The number of benzene rings is 2. The number of halogens is 2. The smallest absolute Gasteiger partial charge is 0.124 e. The van der Waals surface area contributed by atoms with Crippen LogP contribution in [-0.4, -0.2) is 14.2 Å². The summed E-state index contributed by atoms with van der Waals surface area (Å²) in [5, 5.41) is 4.70. The molecule has 0 aliphatic carbocycles. The van der Waals surface area contributed by atoms with E-state index in [0.29, 0.717) is 22.3 Å².